The number of fused-ring (bicyclic) bond motifs is 4. The van der Waals surface area contributed by atoms with Gasteiger partial charge in [-0.25, -0.2) is 4.39 Å². The van der Waals surface area contributed by atoms with E-state index >= 15 is 0 Å². The number of benzene rings is 1. The van der Waals surface area contributed by atoms with Crippen molar-refractivity contribution in [3.8, 4) is 0 Å². The van der Waals surface area contributed by atoms with Gasteiger partial charge in [0.1, 0.15) is 17.2 Å². The van der Waals surface area contributed by atoms with E-state index in [4.69, 9.17) is 4.42 Å². The highest BCUT2D eigenvalue weighted by Gasteiger charge is 2.49. The van der Waals surface area contributed by atoms with Gasteiger partial charge in [-0.1, -0.05) is 13.3 Å². The van der Waals surface area contributed by atoms with Crippen LogP contribution in [0, 0.1) is 17.7 Å². The van der Waals surface area contributed by atoms with Gasteiger partial charge < -0.3 is 4.42 Å². The van der Waals surface area contributed by atoms with Crippen LogP contribution >= 0.6 is 0 Å². The van der Waals surface area contributed by atoms with Gasteiger partial charge in [0.2, 0.25) is 0 Å². The minimum absolute atomic E-state index is 0.156. The van der Waals surface area contributed by atoms with Crippen LogP contribution in [0.3, 0.4) is 0 Å². The third-order valence-electron chi connectivity index (χ3n) is 6.33. The summed E-state index contributed by atoms with van der Waals surface area (Å²) in [5.74, 6) is 3.15. The largest absolute Gasteiger partial charge is 0.460 e. The van der Waals surface area contributed by atoms with Crippen LogP contribution in [0.5, 0.6) is 0 Å². The molecule has 0 amide bonds. The topological polar surface area (TPSA) is 16.4 Å². The zero-order valence-electron chi connectivity index (χ0n) is 13.0. The Balaban J connectivity index is 1.69. The van der Waals surface area contributed by atoms with Gasteiger partial charge in [0.25, 0.3) is 0 Å². The van der Waals surface area contributed by atoms with Crippen molar-refractivity contribution in [3.05, 3.63) is 35.3 Å². The Labute approximate surface area is 130 Å². The number of halogens is 1. The van der Waals surface area contributed by atoms with Crippen molar-refractivity contribution in [3.63, 3.8) is 0 Å². The Morgan fingerprint density at radius 1 is 1.32 bits per heavy atom. The van der Waals surface area contributed by atoms with Crippen molar-refractivity contribution < 1.29 is 8.81 Å². The fourth-order valence-corrected chi connectivity index (χ4v) is 5.51. The van der Waals surface area contributed by atoms with Crippen LogP contribution in [0.15, 0.2) is 22.6 Å². The molecule has 4 heterocycles. The van der Waals surface area contributed by atoms with Crippen LogP contribution < -0.4 is 0 Å². The van der Waals surface area contributed by atoms with E-state index in [1.165, 1.54) is 43.2 Å². The van der Waals surface area contributed by atoms with Crippen LogP contribution in [0.4, 0.5) is 4.39 Å². The molecule has 116 valence electrons. The van der Waals surface area contributed by atoms with Crippen molar-refractivity contribution in [2.45, 2.75) is 44.6 Å². The second-order valence-electron chi connectivity index (χ2n) is 7.43. The first-order chi connectivity index (χ1) is 10.7. The Kier molecular flexibility index (Phi) is 2.73. The first kappa shape index (κ1) is 13.1. The number of furan rings is 1. The molecule has 22 heavy (non-hydrogen) atoms. The quantitative estimate of drug-likeness (QED) is 0.779. The van der Waals surface area contributed by atoms with E-state index in [-0.39, 0.29) is 5.82 Å². The van der Waals surface area contributed by atoms with Gasteiger partial charge in [0.05, 0.1) is 0 Å². The Morgan fingerprint density at radius 2 is 2.23 bits per heavy atom. The summed E-state index contributed by atoms with van der Waals surface area (Å²) < 4.78 is 19.9. The minimum Gasteiger partial charge on any atom is -0.460 e. The predicted octanol–water partition coefficient (Wildman–Crippen LogP) is 4.33. The van der Waals surface area contributed by atoms with Crippen molar-refractivity contribution in [2.24, 2.45) is 11.8 Å². The van der Waals surface area contributed by atoms with Gasteiger partial charge >= 0.3 is 0 Å². The standard InChI is InChI=1S/C19H22FNO/c1-2-12-7-11-8-16-18(12)21(10-11)6-5-14-15-9-13(20)3-4-17(15)22-19(14)16/h3-4,9,11-12,16,18H,2,5-8,10H2,1H3. The van der Waals surface area contributed by atoms with Crippen molar-refractivity contribution in [1.82, 2.24) is 4.90 Å². The second-order valence-corrected chi connectivity index (χ2v) is 7.43. The molecule has 2 aromatic rings. The first-order valence-electron chi connectivity index (χ1n) is 8.69. The third-order valence-corrected chi connectivity index (χ3v) is 6.33. The Morgan fingerprint density at radius 3 is 3.09 bits per heavy atom. The maximum atomic E-state index is 13.7. The Hall–Kier alpha value is -1.35. The lowest BCUT2D eigenvalue weighted by atomic mass is 9.65. The smallest absolute Gasteiger partial charge is 0.134 e. The van der Waals surface area contributed by atoms with Crippen LogP contribution in [-0.4, -0.2) is 24.0 Å². The van der Waals surface area contributed by atoms with E-state index in [2.05, 4.69) is 11.8 Å². The van der Waals surface area contributed by atoms with E-state index in [9.17, 15) is 4.39 Å². The van der Waals surface area contributed by atoms with E-state index < -0.39 is 0 Å². The van der Waals surface area contributed by atoms with Gasteiger partial charge in [-0.15, -0.1) is 0 Å². The van der Waals surface area contributed by atoms with Crippen molar-refractivity contribution in [1.29, 1.82) is 0 Å². The van der Waals surface area contributed by atoms with Gasteiger partial charge in [-0.05, 0) is 49.3 Å². The van der Waals surface area contributed by atoms with E-state index in [1.807, 2.05) is 0 Å². The minimum atomic E-state index is -0.156. The van der Waals surface area contributed by atoms with Gasteiger partial charge in [-0.3, -0.25) is 4.90 Å². The molecular formula is C19H22FNO. The molecule has 2 saturated heterocycles. The van der Waals surface area contributed by atoms with Crippen LogP contribution in [-0.2, 0) is 6.42 Å². The molecule has 3 aliphatic heterocycles. The first-order valence-corrected chi connectivity index (χ1v) is 8.69. The summed E-state index contributed by atoms with van der Waals surface area (Å²) in [4.78, 5) is 2.71. The normalized spacial score (nSPS) is 36.4. The van der Waals surface area contributed by atoms with Gasteiger partial charge in [0.15, 0.2) is 0 Å². The summed E-state index contributed by atoms with van der Waals surface area (Å²) in [6.45, 7) is 4.69. The highest BCUT2D eigenvalue weighted by atomic mass is 19.1. The average Bonchev–Trinajstić information content (AvgIpc) is 2.85. The maximum absolute atomic E-state index is 13.7. The van der Waals surface area contributed by atoms with Gasteiger partial charge in [-0.2, -0.15) is 0 Å². The van der Waals surface area contributed by atoms with E-state index in [1.54, 1.807) is 12.1 Å². The molecule has 2 nitrogen and oxygen atoms in total. The highest BCUT2D eigenvalue weighted by Crippen LogP contribution is 2.51. The summed E-state index contributed by atoms with van der Waals surface area (Å²) in [5.41, 5.74) is 2.15. The van der Waals surface area contributed by atoms with Crippen LogP contribution in [0.1, 0.15) is 43.4 Å². The predicted molar refractivity (Wildman–Crippen MR) is 84.5 cm³/mol. The second kappa shape index (κ2) is 4.58. The lowest BCUT2D eigenvalue weighted by Crippen LogP contribution is -2.56. The zero-order valence-corrected chi connectivity index (χ0v) is 13.0. The number of nitrogens with zero attached hydrogens (tertiary/aromatic N) is 1. The molecule has 3 heteroatoms. The molecule has 1 saturated carbocycles. The Bertz CT molecular complexity index is 736. The van der Waals surface area contributed by atoms with E-state index in [0.717, 1.165) is 35.8 Å². The molecule has 4 bridgehead atoms. The lowest BCUT2D eigenvalue weighted by molar-refractivity contribution is -0.0169. The van der Waals surface area contributed by atoms with Crippen LogP contribution in [0.25, 0.3) is 11.0 Å². The monoisotopic (exact) mass is 299 g/mol. The summed E-state index contributed by atoms with van der Waals surface area (Å²) in [6, 6.07) is 5.62. The number of hydrogen-bond acceptors (Lipinski definition) is 2. The highest BCUT2D eigenvalue weighted by molar-refractivity contribution is 5.82. The molecule has 0 N–H and O–H groups in total. The third kappa shape index (κ3) is 1.69. The summed E-state index contributed by atoms with van der Waals surface area (Å²) in [6.07, 6.45) is 4.91. The van der Waals surface area contributed by atoms with Crippen molar-refractivity contribution in [2.75, 3.05) is 13.1 Å². The lowest BCUT2D eigenvalue weighted by Gasteiger charge is -2.52. The number of piperidine rings is 2. The molecule has 1 aliphatic carbocycles. The fraction of sp³-hybridized carbons (Fsp3) is 0.579. The molecule has 4 aliphatic rings. The van der Waals surface area contributed by atoms with Crippen molar-refractivity contribution >= 4 is 11.0 Å². The molecule has 5 atom stereocenters. The molecule has 0 radical (unpaired) electrons. The molecule has 1 aromatic heterocycles. The molecule has 6 rings (SSSR count). The van der Waals surface area contributed by atoms with E-state index in [0.29, 0.717) is 12.0 Å². The summed E-state index contributed by atoms with van der Waals surface area (Å²) >= 11 is 0. The average molecular weight is 299 g/mol. The molecule has 3 fully saturated rings. The number of hydrogen-bond donors (Lipinski definition) is 0. The molecule has 5 unspecified atom stereocenters. The fourth-order valence-electron chi connectivity index (χ4n) is 5.51. The van der Waals surface area contributed by atoms with Crippen LogP contribution in [0.2, 0.25) is 0 Å². The summed E-state index contributed by atoms with van der Waals surface area (Å²) in [5, 5.41) is 1.01. The molecular weight excluding hydrogens is 277 g/mol. The zero-order chi connectivity index (χ0) is 14.8. The maximum Gasteiger partial charge on any atom is 0.134 e. The SMILES string of the molecule is CCC1CC2CC3c4oc5ccc(F)cc5c4CCN(C2)C13. The summed E-state index contributed by atoms with van der Waals surface area (Å²) in [7, 11) is 0. The number of rotatable bonds is 1. The molecule has 0 spiro atoms. The van der Waals surface area contributed by atoms with Gasteiger partial charge in [0, 0.05) is 36.0 Å². The molecule has 1 aromatic carbocycles.